The maximum Gasteiger partial charge on any atom is 0.309 e. The highest BCUT2D eigenvalue weighted by Crippen LogP contribution is 2.26. The molecule has 0 spiro atoms. The zero-order valence-electron chi connectivity index (χ0n) is 17.7. The standard InChI is InChI=1S/C20H23ClN6O4S/c1-24-11-16-17(12-25(24)2)31-19(23-16)20(28)26-5-7-27(8-6-26)32(29,30)18-10-13-9-14(21)3-4-15(13)22-18/h3-4,9-10,22H,5-8,11-12H2,1-2H3. The van der Waals surface area contributed by atoms with Crippen LogP contribution in [0.25, 0.3) is 10.9 Å². The van der Waals surface area contributed by atoms with Gasteiger partial charge in [-0.2, -0.15) is 4.31 Å². The van der Waals surface area contributed by atoms with E-state index in [1.54, 1.807) is 29.2 Å². The van der Waals surface area contributed by atoms with Gasteiger partial charge in [-0.3, -0.25) is 4.79 Å². The first-order chi connectivity index (χ1) is 15.2. The minimum Gasteiger partial charge on any atom is -0.436 e. The second-order valence-corrected chi connectivity index (χ2v) is 10.4. The average molecular weight is 479 g/mol. The summed E-state index contributed by atoms with van der Waals surface area (Å²) in [6, 6.07) is 6.75. The van der Waals surface area contributed by atoms with E-state index in [2.05, 4.69) is 9.97 Å². The highest BCUT2D eigenvalue weighted by atomic mass is 35.5. The number of amides is 1. The number of carbonyl (C=O) groups is 1. The second-order valence-electron chi connectivity index (χ2n) is 8.08. The van der Waals surface area contributed by atoms with Gasteiger partial charge in [-0.1, -0.05) is 11.6 Å². The van der Waals surface area contributed by atoms with Gasteiger partial charge in [-0.25, -0.2) is 23.4 Å². The Morgan fingerprint density at radius 2 is 1.81 bits per heavy atom. The van der Waals surface area contributed by atoms with Gasteiger partial charge >= 0.3 is 5.91 Å². The molecule has 5 rings (SSSR count). The number of carbonyl (C=O) groups excluding carboxylic acids is 1. The van der Waals surface area contributed by atoms with Crippen molar-refractivity contribution in [2.75, 3.05) is 40.3 Å². The van der Waals surface area contributed by atoms with Crippen LogP contribution in [0.4, 0.5) is 0 Å². The van der Waals surface area contributed by atoms with Crippen molar-refractivity contribution in [3.8, 4) is 0 Å². The summed E-state index contributed by atoms with van der Waals surface area (Å²) < 4.78 is 33.3. The van der Waals surface area contributed by atoms with Crippen LogP contribution in [-0.4, -0.2) is 83.8 Å². The number of benzene rings is 1. The number of piperazine rings is 1. The molecule has 1 fully saturated rings. The van der Waals surface area contributed by atoms with Crippen LogP contribution >= 0.6 is 11.6 Å². The van der Waals surface area contributed by atoms with Gasteiger partial charge in [0.05, 0.1) is 18.8 Å². The Kier molecular flexibility index (Phi) is 5.25. The van der Waals surface area contributed by atoms with E-state index in [1.165, 1.54) is 4.31 Å². The molecule has 12 heteroatoms. The number of aromatic amines is 1. The van der Waals surface area contributed by atoms with Gasteiger partial charge in [0.1, 0.15) is 10.8 Å². The number of hydrogen-bond acceptors (Lipinski definition) is 7. The Bertz CT molecular complexity index is 1270. The van der Waals surface area contributed by atoms with E-state index in [9.17, 15) is 13.2 Å². The molecule has 4 heterocycles. The third-order valence-corrected chi connectivity index (χ3v) is 8.05. The fraction of sp³-hybridized carbons (Fsp3) is 0.400. The summed E-state index contributed by atoms with van der Waals surface area (Å²) in [5, 5.41) is 5.38. The molecule has 1 saturated heterocycles. The number of hydrazine groups is 1. The third-order valence-electron chi connectivity index (χ3n) is 6.00. The smallest absolute Gasteiger partial charge is 0.309 e. The van der Waals surface area contributed by atoms with E-state index in [1.807, 2.05) is 24.1 Å². The number of nitrogens with one attached hydrogen (secondary N) is 1. The van der Waals surface area contributed by atoms with Gasteiger partial charge in [0, 0.05) is 56.2 Å². The Morgan fingerprint density at radius 3 is 2.56 bits per heavy atom. The quantitative estimate of drug-likeness (QED) is 0.611. The lowest BCUT2D eigenvalue weighted by Crippen LogP contribution is -2.50. The number of sulfonamides is 1. The summed E-state index contributed by atoms with van der Waals surface area (Å²) in [5.41, 5.74) is 1.46. The molecular weight excluding hydrogens is 456 g/mol. The molecule has 0 bridgehead atoms. The van der Waals surface area contributed by atoms with Gasteiger partial charge in [-0.15, -0.1) is 0 Å². The normalized spacial score (nSPS) is 18.9. The van der Waals surface area contributed by atoms with Crippen LogP contribution in [0.2, 0.25) is 5.02 Å². The highest BCUT2D eigenvalue weighted by Gasteiger charge is 2.34. The maximum atomic E-state index is 13.1. The Hall–Kier alpha value is -2.44. The molecule has 1 aromatic carbocycles. The van der Waals surface area contributed by atoms with Gasteiger partial charge in [0.2, 0.25) is 0 Å². The molecule has 170 valence electrons. The predicted octanol–water partition coefficient (Wildman–Crippen LogP) is 1.75. The second kappa shape index (κ2) is 7.85. The fourth-order valence-corrected chi connectivity index (χ4v) is 5.63. The summed E-state index contributed by atoms with van der Waals surface area (Å²) >= 11 is 6.01. The van der Waals surface area contributed by atoms with Crippen molar-refractivity contribution in [2.45, 2.75) is 18.1 Å². The topological polar surface area (TPSA) is 106 Å². The Balaban J connectivity index is 1.28. The van der Waals surface area contributed by atoms with Crippen LogP contribution in [-0.2, 0) is 23.1 Å². The first kappa shape index (κ1) is 21.4. The molecule has 0 saturated carbocycles. The maximum absolute atomic E-state index is 13.1. The molecular formula is C20H23ClN6O4S. The van der Waals surface area contributed by atoms with Crippen LogP contribution in [0.5, 0.6) is 0 Å². The van der Waals surface area contributed by atoms with Crippen LogP contribution in [0.1, 0.15) is 22.1 Å². The lowest BCUT2D eigenvalue weighted by atomic mass is 10.2. The van der Waals surface area contributed by atoms with E-state index in [0.29, 0.717) is 29.4 Å². The van der Waals surface area contributed by atoms with E-state index < -0.39 is 10.0 Å². The van der Waals surface area contributed by atoms with Gasteiger partial charge in [-0.05, 0) is 24.3 Å². The fourth-order valence-electron chi connectivity index (χ4n) is 4.01. The minimum absolute atomic E-state index is 0.0579. The van der Waals surface area contributed by atoms with Gasteiger partial charge in [0.15, 0.2) is 0 Å². The molecule has 32 heavy (non-hydrogen) atoms. The lowest BCUT2D eigenvalue weighted by Gasteiger charge is -2.33. The molecule has 0 radical (unpaired) electrons. The first-order valence-corrected chi connectivity index (χ1v) is 12.0. The lowest BCUT2D eigenvalue weighted by molar-refractivity contribution is -0.0103. The van der Waals surface area contributed by atoms with Crippen LogP contribution in [0, 0.1) is 0 Å². The summed E-state index contributed by atoms with van der Waals surface area (Å²) in [6.07, 6.45) is 0. The van der Waals surface area contributed by atoms with Crippen molar-refractivity contribution >= 4 is 38.4 Å². The van der Waals surface area contributed by atoms with Crippen molar-refractivity contribution in [3.05, 3.63) is 46.6 Å². The van der Waals surface area contributed by atoms with Crippen LogP contribution in [0.15, 0.2) is 33.7 Å². The van der Waals surface area contributed by atoms with E-state index in [4.69, 9.17) is 16.0 Å². The van der Waals surface area contributed by atoms with Crippen molar-refractivity contribution in [3.63, 3.8) is 0 Å². The van der Waals surface area contributed by atoms with Crippen molar-refractivity contribution in [1.29, 1.82) is 0 Å². The Labute approximate surface area is 190 Å². The van der Waals surface area contributed by atoms with Crippen molar-refractivity contribution in [2.24, 2.45) is 0 Å². The molecule has 0 atom stereocenters. The molecule has 2 aliphatic rings. The number of oxazole rings is 1. The molecule has 0 unspecified atom stereocenters. The van der Waals surface area contributed by atoms with E-state index in [0.717, 1.165) is 11.1 Å². The van der Waals surface area contributed by atoms with Crippen molar-refractivity contribution < 1.29 is 17.6 Å². The monoisotopic (exact) mass is 478 g/mol. The highest BCUT2D eigenvalue weighted by molar-refractivity contribution is 7.89. The van der Waals surface area contributed by atoms with Gasteiger partial charge in [0.25, 0.3) is 15.9 Å². The van der Waals surface area contributed by atoms with E-state index in [-0.39, 0.29) is 43.0 Å². The number of nitrogens with zero attached hydrogens (tertiary/aromatic N) is 5. The van der Waals surface area contributed by atoms with Crippen molar-refractivity contribution in [1.82, 2.24) is 29.2 Å². The molecule has 3 aromatic rings. The summed E-state index contributed by atoms with van der Waals surface area (Å²) in [7, 11) is 0.165. The number of aromatic nitrogens is 2. The number of fused-ring (bicyclic) bond motifs is 2. The summed E-state index contributed by atoms with van der Waals surface area (Å²) in [4.78, 5) is 21.8. The average Bonchev–Trinajstić information content (AvgIpc) is 3.37. The molecule has 10 nitrogen and oxygen atoms in total. The van der Waals surface area contributed by atoms with Gasteiger partial charge < -0.3 is 14.3 Å². The van der Waals surface area contributed by atoms with E-state index >= 15 is 0 Å². The largest absolute Gasteiger partial charge is 0.436 e. The summed E-state index contributed by atoms with van der Waals surface area (Å²) in [6.45, 7) is 2.03. The molecule has 0 aliphatic carbocycles. The third kappa shape index (κ3) is 3.69. The SMILES string of the molecule is CN1Cc2nc(C(=O)N3CCN(S(=O)(=O)c4cc5cc(Cl)ccc5[nH]4)CC3)oc2CN1C. The number of rotatable bonds is 3. The molecule has 2 aliphatic heterocycles. The zero-order chi connectivity index (χ0) is 22.6. The zero-order valence-corrected chi connectivity index (χ0v) is 19.3. The molecule has 1 amide bonds. The number of hydrogen-bond donors (Lipinski definition) is 1. The minimum atomic E-state index is -3.72. The number of halogens is 1. The van der Waals surface area contributed by atoms with Crippen LogP contribution in [0.3, 0.4) is 0 Å². The Morgan fingerprint density at radius 1 is 1.09 bits per heavy atom. The number of H-pyrrole nitrogens is 1. The predicted molar refractivity (Wildman–Crippen MR) is 117 cm³/mol. The van der Waals surface area contributed by atoms with Crippen LogP contribution < -0.4 is 0 Å². The summed E-state index contributed by atoms with van der Waals surface area (Å²) in [5.74, 6) is 0.429. The molecule has 2 aromatic heterocycles. The molecule has 1 N–H and O–H groups in total. The first-order valence-electron chi connectivity index (χ1n) is 10.2.